The summed E-state index contributed by atoms with van der Waals surface area (Å²) in [5.74, 6) is 0.275. The molecule has 1 atom stereocenters. The van der Waals surface area contributed by atoms with Crippen LogP contribution in [-0.2, 0) is 9.59 Å². The molecule has 0 saturated carbocycles. The van der Waals surface area contributed by atoms with Crippen LogP contribution in [0.1, 0.15) is 0 Å². The van der Waals surface area contributed by atoms with Crippen LogP contribution in [0.25, 0.3) is 5.82 Å². The number of pyridine rings is 1. The van der Waals surface area contributed by atoms with Crippen LogP contribution < -0.4 is 16.0 Å². The van der Waals surface area contributed by atoms with Gasteiger partial charge in [-0.3, -0.25) is 14.9 Å². The zero-order chi connectivity index (χ0) is 14.7. The van der Waals surface area contributed by atoms with Crippen molar-refractivity contribution in [2.24, 2.45) is 0 Å². The number of carbonyl (C=O) groups excluding carboxylic acids is 2. The second-order valence-electron chi connectivity index (χ2n) is 4.47. The summed E-state index contributed by atoms with van der Waals surface area (Å²) in [6.07, 6.45) is 4.49. The lowest BCUT2D eigenvalue weighted by Crippen LogP contribution is -2.56. The van der Waals surface area contributed by atoms with Crippen molar-refractivity contribution < 1.29 is 9.59 Å². The van der Waals surface area contributed by atoms with Crippen LogP contribution in [0.4, 0.5) is 5.69 Å². The molecule has 1 unspecified atom stereocenters. The lowest BCUT2D eigenvalue weighted by molar-refractivity contribution is -0.124. The Labute approximate surface area is 119 Å². The van der Waals surface area contributed by atoms with E-state index in [1.54, 1.807) is 12.1 Å². The number of piperazine rings is 1. The molecule has 0 aromatic carbocycles. The van der Waals surface area contributed by atoms with E-state index in [0.29, 0.717) is 11.5 Å². The summed E-state index contributed by atoms with van der Waals surface area (Å²) in [6.45, 7) is 0.413. The highest BCUT2D eigenvalue weighted by Crippen LogP contribution is 2.09. The van der Waals surface area contributed by atoms with E-state index in [2.05, 4.69) is 31.0 Å². The summed E-state index contributed by atoms with van der Waals surface area (Å²) in [4.78, 5) is 31.0. The van der Waals surface area contributed by atoms with Gasteiger partial charge < -0.3 is 10.6 Å². The number of hydrogen-bond donors (Lipinski definition) is 3. The molecule has 108 valence electrons. The van der Waals surface area contributed by atoms with Gasteiger partial charge in [0.05, 0.1) is 18.4 Å². The molecule has 1 saturated heterocycles. The highest BCUT2D eigenvalue weighted by molar-refractivity contribution is 5.96. The molecule has 2 aromatic rings. The summed E-state index contributed by atoms with van der Waals surface area (Å²) in [7, 11) is 0. The third-order valence-electron chi connectivity index (χ3n) is 3.00. The van der Waals surface area contributed by atoms with Crippen LogP contribution in [0.5, 0.6) is 0 Å². The maximum atomic E-state index is 12.0. The normalized spacial score (nSPS) is 18.1. The van der Waals surface area contributed by atoms with Gasteiger partial charge in [0.15, 0.2) is 5.82 Å². The number of amides is 2. The third-order valence-corrected chi connectivity index (χ3v) is 3.00. The molecular formula is C12H13N7O2. The summed E-state index contributed by atoms with van der Waals surface area (Å²) >= 11 is 0. The van der Waals surface area contributed by atoms with Crippen molar-refractivity contribution in [3.63, 3.8) is 0 Å². The zero-order valence-corrected chi connectivity index (χ0v) is 11.0. The van der Waals surface area contributed by atoms with Crippen molar-refractivity contribution >= 4 is 17.5 Å². The lowest BCUT2D eigenvalue weighted by Gasteiger charge is -2.23. The van der Waals surface area contributed by atoms with Crippen LogP contribution >= 0.6 is 0 Å². The molecule has 2 amide bonds. The summed E-state index contributed by atoms with van der Waals surface area (Å²) in [6, 6.07) is 3.00. The maximum Gasteiger partial charge on any atom is 0.243 e. The van der Waals surface area contributed by atoms with E-state index in [4.69, 9.17) is 0 Å². The first-order valence-electron chi connectivity index (χ1n) is 6.34. The second kappa shape index (κ2) is 5.67. The van der Waals surface area contributed by atoms with Crippen LogP contribution in [0.3, 0.4) is 0 Å². The first-order chi connectivity index (χ1) is 10.2. The number of rotatable bonds is 3. The predicted octanol–water partition coefficient (Wildman–Crippen LogP) is -1.31. The van der Waals surface area contributed by atoms with Gasteiger partial charge in [-0.05, 0) is 12.1 Å². The standard InChI is InChI=1S/C12H13N7O2/c20-11-5-14-9(4-16-11)12(21)18-8-1-2-10(15-3-8)19-7-13-6-17-19/h1-3,6-7,9,14H,4-5H2,(H,16,20)(H,18,21). The second-order valence-corrected chi connectivity index (χ2v) is 4.47. The van der Waals surface area contributed by atoms with Crippen molar-refractivity contribution in [2.75, 3.05) is 18.4 Å². The van der Waals surface area contributed by atoms with Gasteiger partial charge in [-0.1, -0.05) is 0 Å². The number of nitrogens with zero attached hydrogens (tertiary/aromatic N) is 4. The van der Waals surface area contributed by atoms with Gasteiger partial charge in [-0.25, -0.2) is 14.6 Å². The first kappa shape index (κ1) is 13.2. The Morgan fingerprint density at radius 2 is 2.33 bits per heavy atom. The Morgan fingerprint density at radius 3 is 2.95 bits per heavy atom. The van der Waals surface area contributed by atoms with E-state index >= 15 is 0 Å². The van der Waals surface area contributed by atoms with Crippen molar-refractivity contribution in [3.8, 4) is 5.82 Å². The fourth-order valence-corrected chi connectivity index (χ4v) is 1.90. The average molecular weight is 287 g/mol. The molecule has 9 heteroatoms. The molecule has 0 bridgehead atoms. The van der Waals surface area contributed by atoms with Gasteiger partial charge in [0.1, 0.15) is 18.7 Å². The van der Waals surface area contributed by atoms with Gasteiger partial charge in [-0.2, -0.15) is 5.10 Å². The van der Waals surface area contributed by atoms with Crippen molar-refractivity contribution in [2.45, 2.75) is 6.04 Å². The van der Waals surface area contributed by atoms with Gasteiger partial charge in [0.2, 0.25) is 11.8 Å². The summed E-state index contributed by atoms with van der Waals surface area (Å²) in [5.41, 5.74) is 0.572. The van der Waals surface area contributed by atoms with E-state index in [0.717, 1.165) is 0 Å². The molecule has 9 nitrogen and oxygen atoms in total. The highest BCUT2D eigenvalue weighted by Gasteiger charge is 2.23. The van der Waals surface area contributed by atoms with Crippen molar-refractivity contribution in [3.05, 3.63) is 31.0 Å². The lowest BCUT2D eigenvalue weighted by atomic mass is 10.2. The van der Waals surface area contributed by atoms with Gasteiger partial charge >= 0.3 is 0 Å². The Hall–Kier alpha value is -2.81. The molecule has 0 aliphatic carbocycles. The number of hydrogen-bond acceptors (Lipinski definition) is 6. The SMILES string of the molecule is O=C1CNC(C(=O)Nc2ccc(-n3cncn3)nc2)CN1. The molecule has 1 aliphatic heterocycles. The molecular weight excluding hydrogens is 274 g/mol. The summed E-state index contributed by atoms with van der Waals surface area (Å²) < 4.78 is 1.52. The summed E-state index contributed by atoms with van der Waals surface area (Å²) in [5, 5.41) is 12.2. The smallest absolute Gasteiger partial charge is 0.243 e. The molecule has 2 aromatic heterocycles. The van der Waals surface area contributed by atoms with E-state index in [-0.39, 0.29) is 24.9 Å². The molecule has 3 heterocycles. The minimum absolute atomic E-state index is 0.113. The van der Waals surface area contributed by atoms with Gasteiger partial charge in [0.25, 0.3) is 0 Å². The molecule has 21 heavy (non-hydrogen) atoms. The molecule has 1 fully saturated rings. The third kappa shape index (κ3) is 3.03. The van der Waals surface area contributed by atoms with Crippen LogP contribution in [0.2, 0.25) is 0 Å². The molecule has 1 aliphatic rings. The van der Waals surface area contributed by atoms with Crippen LogP contribution in [-0.4, -0.2) is 50.7 Å². The number of nitrogens with one attached hydrogen (secondary N) is 3. The minimum atomic E-state index is -0.447. The molecule has 0 radical (unpaired) electrons. The maximum absolute atomic E-state index is 12.0. The Balaban J connectivity index is 1.62. The Bertz CT molecular complexity index is 628. The minimum Gasteiger partial charge on any atom is -0.353 e. The monoisotopic (exact) mass is 287 g/mol. The van der Waals surface area contributed by atoms with Crippen LogP contribution in [0.15, 0.2) is 31.0 Å². The predicted molar refractivity (Wildman–Crippen MR) is 72.6 cm³/mol. The molecule has 3 rings (SSSR count). The van der Waals surface area contributed by atoms with E-state index in [1.807, 2.05) is 0 Å². The average Bonchev–Trinajstić information content (AvgIpc) is 3.03. The fourth-order valence-electron chi connectivity index (χ4n) is 1.90. The number of anilines is 1. The zero-order valence-electron chi connectivity index (χ0n) is 11.0. The highest BCUT2D eigenvalue weighted by atomic mass is 16.2. The van der Waals surface area contributed by atoms with E-state index in [1.165, 1.54) is 23.5 Å². The largest absolute Gasteiger partial charge is 0.353 e. The molecule has 0 spiro atoms. The fraction of sp³-hybridized carbons (Fsp3) is 0.250. The van der Waals surface area contributed by atoms with Crippen molar-refractivity contribution in [1.82, 2.24) is 30.4 Å². The quantitative estimate of drug-likeness (QED) is 0.646. The molecule has 3 N–H and O–H groups in total. The van der Waals surface area contributed by atoms with Crippen LogP contribution in [0, 0.1) is 0 Å². The van der Waals surface area contributed by atoms with E-state index in [9.17, 15) is 9.59 Å². The van der Waals surface area contributed by atoms with Crippen molar-refractivity contribution in [1.29, 1.82) is 0 Å². The number of carbonyl (C=O) groups is 2. The number of aromatic nitrogens is 4. The Morgan fingerprint density at radius 1 is 1.43 bits per heavy atom. The first-order valence-corrected chi connectivity index (χ1v) is 6.34. The van der Waals surface area contributed by atoms with Gasteiger partial charge in [0, 0.05) is 6.54 Å². The van der Waals surface area contributed by atoms with E-state index < -0.39 is 6.04 Å². The van der Waals surface area contributed by atoms with Gasteiger partial charge in [-0.15, -0.1) is 0 Å². The topological polar surface area (TPSA) is 114 Å². The Kier molecular flexibility index (Phi) is 3.56.